The topological polar surface area (TPSA) is 91.8 Å². The number of hydrogen-bond acceptors (Lipinski definition) is 5. The Balaban J connectivity index is 1.52. The Morgan fingerprint density at radius 2 is 1.69 bits per heavy atom. The minimum absolute atomic E-state index is 0.131. The third-order valence-corrected chi connectivity index (χ3v) is 7.91. The molecule has 4 atom stereocenters. The van der Waals surface area contributed by atoms with Gasteiger partial charge in [0.05, 0.1) is 17.5 Å². The number of carbonyl (C=O) groups excluding carboxylic acids is 4. The smallest absolute Gasteiger partial charge is 0.238 e. The van der Waals surface area contributed by atoms with E-state index in [0.717, 1.165) is 6.07 Å². The lowest BCUT2D eigenvalue weighted by Crippen LogP contribution is -2.39. The van der Waals surface area contributed by atoms with Crippen molar-refractivity contribution >= 4 is 29.1 Å². The van der Waals surface area contributed by atoms with Gasteiger partial charge in [0.2, 0.25) is 11.8 Å². The van der Waals surface area contributed by atoms with Crippen molar-refractivity contribution in [2.45, 2.75) is 25.7 Å². The number of ketones is 2. The zero-order valence-electron chi connectivity index (χ0n) is 19.4. The number of phenolic OH excluding ortho intramolecular Hbond substituents is 1. The number of benzene rings is 2. The van der Waals surface area contributed by atoms with Gasteiger partial charge in [0, 0.05) is 28.2 Å². The van der Waals surface area contributed by atoms with E-state index in [9.17, 15) is 28.7 Å². The number of phenols is 1. The van der Waals surface area contributed by atoms with E-state index < -0.39 is 35.2 Å². The molecule has 0 radical (unpaired) electrons. The Hall–Kier alpha value is -4.13. The SMILES string of the molecule is CC1=CC(=O)C2=C(CC3C(=CCC4C(=O)N(c5ccccc5)C(=O)C43)C2c2cccc(F)c2O)C1=O. The van der Waals surface area contributed by atoms with Crippen LogP contribution in [-0.2, 0) is 19.2 Å². The van der Waals surface area contributed by atoms with Crippen molar-refractivity contribution < 1.29 is 28.7 Å². The normalized spacial score (nSPS) is 27.4. The fourth-order valence-electron chi connectivity index (χ4n) is 6.33. The molecule has 2 aromatic carbocycles. The molecule has 0 bridgehead atoms. The molecule has 3 aliphatic carbocycles. The maximum Gasteiger partial charge on any atom is 0.238 e. The van der Waals surface area contributed by atoms with Gasteiger partial charge in [-0.05, 0) is 50.0 Å². The molecule has 7 heteroatoms. The quantitative estimate of drug-likeness (QED) is 0.393. The van der Waals surface area contributed by atoms with Crippen LogP contribution in [0.15, 0.2) is 83.0 Å². The average Bonchev–Trinajstić information content (AvgIpc) is 3.13. The Kier molecular flexibility index (Phi) is 4.93. The average molecular weight is 483 g/mol. The third kappa shape index (κ3) is 3.02. The predicted octanol–water partition coefficient (Wildman–Crippen LogP) is 4.17. The van der Waals surface area contributed by atoms with Gasteiger partial charge in [-0.2, -0.15) is 0 Å². The van der Waals surface area contributed by atoms with Crippen LogP contribution >= 0.6 is 0 Å². The number of halogens is 1. The lowest BCUT2D eigenvalue weighted by atomic mass is 9.59. The molecule has 180 valence electrons. The lowest BCUT2D eigenvalue weighted by Gasteiger charge is -2.42. The van der Waals surface area contributed by atoms with Gasteiger partial charge in [-0.1, -0.05) is 42.0 Å². The first-order chi connectivity index (χ1) is 17.3. The highest BCUT2D eigenvalue weighted by atomic mass is 19.1. The number of amides is 2. The van der Waals surface area contributed by atoms with E-state index in [-0.39, 0.29) is 52.9 Å². The number of para-hydroxylation sites is 2. The number of imide groups is 1. The number of Topliss-reactive ketones (excluding diaryl/α,β-unsaturated/α-hetero) is 1. The molecule has 1 fully saturated rings. The summed E-state index contributed by atoms with van der Waals surface area (Å²) in [6.45, 7) is 1.56. The zero-order valence-corrected chi connectivity index (χ0v) is 19.4. The number of nitrogens with zero attached hydrogens (tertiary/aromatic N) is 1. The second-order valence-corrected chi connectivity index (χ2v) is 9.75. The molecular formula is C29H22FNO5. The molecule has 0 saturated carbocycles. The van der Waals surface area contributed by atoms with Crippen LogP contribution in [0.3, 0.4) is 0 Å². The summed E-state index contributed by atoms with van der Waals surface area (Å²) in [5.41, 5.74) is 2.10. The molecule has 2 amide bonds. The number of hydrogen-bond donors (Lipinski definition) is 1. The number of aromatic hydroxyl groups is 1. The maximum absolute atomic E-state index is 14.4. The summed E-state index contributed by atoms with van der Waals surface area (Å²) < 4.78 is 14.4. The van der Waals surface area contributed by atoms with Crippen LogP contribution in [-0.4, -0.2) is 28.5 Å². The van der Waals surface area contributed by atoms with E-state index in [4.69, 9.17) is 0 Å². The van der Waals surface area contributed by atoms with Gasteiger partial charge in [0.25, 0.3) is 0 Å². The second-order valence-electron chi connectivity index (χ2n) is 9.75. The summed E-state index contributed by atoms with van der Waals surface area (Å²) in [5, 5.41) is 10.6. The van der Waals surface area contributed by atoms with Crippen molar-refractivity contribution in [2.75, 3.05) is 4.90 Å². The largest absolute Gasteiger partial charge is 0.505 e. The van der Waals surface area contributed by atoms with Gasteiger partial charge in [-0.3, -0.25) is 24.1 Å². The first-order valence-corrected chi connectivity index (χ1v) is 11.9. The van der Waals surface area contributed by atoms with Crippen LogP contribution < -0.4 is 4.90 Å². The highest BCUT2D eigenvalue weighted by Crippen LogP contribution is 2.56. The first-order valence-electron chi connectivity index (χ1n) is 11.9. The van der Waals surface area contributed by atoms with Crippen LogP contribution in [0, 0.1) is 23.6 Å². The number of allylic oxidation sites excluding steroid dienone is 6. The molecule has 1 heterocycles. The number of anilines is 1. The van der Waals surface area contributed by atoms with E-state index in [1.165, 1.54) is 23.1 Å². The molecule has 6 nitrogen and oxygen atoms in total. The maximum atomic E-state index is 14.4. The molecule has 1 saturated heterocycles. The number of carbonyl (C=O) groups is 4. The van der Waals surface area contributed by atoms with E-state index in [1.54, 1.807) is 37.3 Å². The van der Waals surface area contributed by atoms with Crippen molar-refractivity contribution in [3.8, 4) is 5.75 Å². The molecular weight excluding hydrogens is 461 g/mol. The van der Waals surface area contributed by atoms with Crippen LogP contribution in [0.1, 0.15) is 31.2 Å². The number of rotatable bonds is 2. The van der Waals surface area contributed by atoms with Gasteiger partial charge in [-0.25, -0.2) is 4.39 Å². The van der Waals surface area contributed by atoms with E-state index >= 15 is 0 Å². The third-order valence-electron chi connectivity index (χ3n) is 7.91. The van der Waals surface area contributed by atoms with E-state index in [2.05, 4.69) is 0 Å². The van der Waals surface area contributed by atoms with Gasteiger partial charge >= 0.3 is 0 Å². The highest BCUT2D eigenvalue weighted by molar-refractivity contribution is 6.25. The molecule has 1 aliphatic heterocycles. The van der Waals surface area contributed by atoms with Gasteiger partial charge in [0.1, 0.15) is 0 Å². The first kappa shape index (κ1) is 22.3. The van der Waals surface area contributed by atoms with Crippen LogP contribution in [0.5, 0.6) is 5.75 Å². The second kappa shape index (κ2) is 7.95. The minimum Gasteiger partial charge on any atom is -0.505 e. The Morgan fingerprint density at radius 3 is 2.44 bits per heavy atom. The molecule has 0 aromatic heterocycles. The molecule has 6 rings (SSSR count). The fraction of sp³-hybridized carbons (Fsp3) is 0.241. The summed E-state index contributed by atoms with van der Waals surface area (Å²) in [6, 6.07) is 12.8. The lowest BCUT2D eigenvalue weighted by molar-refractivity contribution is -0.123. The van der Waals surface area contributed by atoms with Crippen molar-refractivity contribution in [2.24, 2.45) is 17.8 Å². The monoisotopic (exact) mass is 483 g/mol. The Bertz CT molecular complexity index is 1470. The van der Waals surface area contributed by atoms with E-state index in [0.29, 0.717) is 16.8 Å². The van der Waals surface area contributed by atoms with Crippen molar-refractivity contribution in [1.29, 1.82) is 0 Å². The van der Waals surface area contributed by atoms with E-state index in [1.807, 2.05) is 6.08 Å². The molecule has 4 aliphatic rings. The molecule has 2 aromatic rings. The van der Waals surface area contributed by atoms with Gasteiger partial charge in [0.15, 0.2) is 23.1 Å². The van der Waals surface area contributed by atoms with Crippen molar-refractivity contribution in [3.63, 3.8) is 0 Å². The Morgan fingerprint density at radius 1 is 0.944 bits per heavy atom. The van der Waals surface area contributed by atoms with Gasteiger partial charge in [-0.15, -0.1) is 0 Å². The summed E-state index contributed by atoms with van der Waals surface area (Å²) in [7, 11) is 0. The van der Waals surface area contributed by atoms with Crippen LogP contribution in [0.2, 0.25) is 0 Å². The summed E-state index contributed by atoms with van der Waals surface area (Å²) in [4.78, 5) is 54.7. The molecule has 1 N–H and O–H groups in total. The van der Waals surface area contributed by atoms with Crippen LogP contribution in [0.4, 0.5) is 10.1 Å². The summed E-state index contributed by atoms with van der Waals surface area (Å²) >= 11 is 0. The summed E-state index contributed by atoms with van der Waals surface area (Å²) in [5.74, 6) is -5.48. The molecule has 0 spiro atoms. The number of fused-ring (bicyclic) bond motifs is 3. The zero-order chi connectivity index (χ0) is 25.3. The van der Waals surface area contributed by atoms with Crippen molar-refractivity contribution in [1.82, 2.24) is 0 Å². The standard InChI is InChI=1S/C29H22FNO5/c1-14-12-22(32)25-20(26(14)33)13-19-16(23(25)17-8-5-9-21(30)27(17)34)10-11-18-24(19)29(36)31(28(18)35)15-6-3-2-4-7-15/h2-10,12,18-19,23-24,34H,11,13H2,1H3. The summed E-state index contributed by atoms with van der Waals surface area (Å²) in [6.07, 6.45) is 3.52. The minimum atomic E-state index is -0.884. The molecule has 36 heavy (non-hydrogen) atoms. The molecule has 4 unspecified atom stereocenters. The van der Waals surface area contributed by atoms with Crippen LogP contribution in [0.25, 0.3) is 0 Å². The predicted molar refractivity (Wildman–Crippen MR) is 128 cm³/mol. The van der Waals surface area contributed by atoms with Gasteiger partial charge < -0.3 is 5.11 Å². The highest BCUT2D eigenvalue weighted by Gasteiger charge is 2.56. The van der Waals surface area contributed by atoms with Crippen molar-refractivity contribution in [3.05, 3.63) is 94.4 Å². The fourth-order valence-corrected chi connectivity index (χ4v) is 6.33. The Labute approximate surface area is 206 Å².